The molecule has 10 heteroatoms. The van der Waals surface area contributed by atoms with E-state index < -0.39 is 27.7 Å². The second-order valence-electron chi connectivity index (χ2n) is 7.14. The Kier molecular flexibility index (Phi) is 6.21. The molecular weight excluding hydrogens is 421 g/mol. The first kappa shape index (κ1) is 22.3. The summed E-state index contributed by atoms with van der Waals surface area (Å²) in [4.78, 5) is 12.4. The summed E-state index contributed by atoms with van der Waals surface area (Å²) in [5.41, 5.74) is -0.770. The molecule has 1 aliphatic rings. The highest BCUT2D eigenvalue weighted by Crippen LogP contribution is 2.30. The zero-order chi connectivity index (χ0) is 22.1. The number of ether oxygens (including phenoxy) is 1. The van der Waals surface area contributed by atoms with E-state index in [1.165, 1.54) is 40.7 Å². The molecule has 0 radical (unpaired) electrons. The Labute approximate surface area is 172 Å². The van der Waals surface area contributed by atoms with Gasteiger partial charge in [-0.1, -0.05) is 6.07 Å². The second kappa shape index (κ2) is 8.37. The van der Waals surface area contributed by atoms with Gasteiger partial charge in [0.05, 0.1) is 22.7 Å². The van der Waals surface area contributed by atoms with Crippen LogP contribution in [0.1, 0.15) is 29.8 Å². The van der Waals surface area contributed by atoms with E-state index in [4.69, 9.17) is 4.74 Å². The van der Waals surface area contributed by atoms with Gasteiger partial charge in [0.15, 0.2) is 0 Å². The van der Waals surface area contributed by atoms with Crippen molar-refractivity contribution >= 4 is 21.6 Å². The van der Waals surface area contributed by atoms with Crippen LogP contribution in [0.2, 0.25) is 0 Å². The van der Waals surface area contributed by atoms with Crippen LogP contribution >= 0.6 is 0 Å². The maximum atomic E-state index is 12.8. The summed E-state index contributed by atoms with van der Waals surface area (Å²) in [5.74, 6) is -0.646. The predicted molar refractivity (Wildman–Crippen MR) is 105 cm³/mol. The van der Waals surface area contributed by atoms with Crippen molar-refractivity contribution in [3.63, 3.8) is 0 Å². The summed E-state index contributed by atoms with van der Waals surface area (Å²) in [6.07, 6.45) is -4.99. The summed E-state index contributed by atoms with van der Waals surface area (Å²) in [6, 6.07) is 9.53. The zero-order valence-corrected chi connectivity index (χ0v) is 17.1. The molecule has 162 valence electrons. The van der Waals surface area contributed by atoms with Gasteiger partial charge in [-0.3, -0.25) is 4.79 Å². The van der Waals surface area contributed by atoms with Crippen molar-refractivity contribution in [2.24, 2.45) is 0 Å². The van der Waals surface area contributed by atoms with Crippen molar-refractivity contribution in [2.75, 3.05) is 18.4 Å². The molecule has 0 bridgehead atoms. The van der Waals surface area contributed by atoms with E-state index >= 15 is 0 Å². The molecule has 0 unspecified atom stereocenters. The van der Waals surface area contributed by atoms with Crippen LogP contribution in [0, 0.1) is 0 Å². The number of nitrogens with zero attached hydrogens (tertiary/aromatic N) is 1. The normalized spacial score (nSPS) is 20.7. The molecule has 2 aromatic carbocycles. The second-order valence-corrected chi connectivity index (χ2v) is 9.07. The molecule has 30 heavy (non-hydrogen) atoms. The van der Waals surface area contributed by atoms with Crippen molar-refractivity contribution < 1.29 is 31.1 Å². The summed E-state index contributed by atoms with van der Waals surface area (Å²) in [5, 5.41) is 2.39. The molecular formula is C20H21F3N2O4S. The van der Waals surface area contributed by atoms with E-state index in [2.05, 4.69) is 5.32 Å². The van der Waals surface area contributed by atoms with Gasteiger partial charge in [0.25, 0.3) is 5.91 Å². The third-order valence-electron chi connectivity index (χ3n) is 4.59. The summed E-state index contributed by atoms with van der Waals surface area (Å²) >= 11 is 0. The van der Waals surface area contributed by atoms with Crippen LogP contribution in [0.25, 0.3) is 0 Å². The van der Waals surface area contributed by atoms with Gasteiger partial charge in [-0.25, -0.2) is 8.42 Å². The molecule has 1 heterocycles. The van der Waals surface area contributed by atoms with Crippen LogP contribution in [-0.4, -0.2) is 43.9 Å². The number of nitrogens with one attached hydrogen (secondary N) is 1. The number of rotatable bonds is 4. The molecule has 1 N–H and O–H groups in total. The first-order chi connectivity index (χ1) is 14.0. The third kappa shape index (κ3) is 5.00. The highest BCUT2D eigenvalue weighted by atomic mass is 32.2. The molecule has 1 aliphatic heterocycles. The van der Waals surface area contributed by atoms with Gasteiger partial charge < -0.3 is 10.1 Å². The molecule has 1 fully saturated rings. The predicted octanol–water partition coefficient (Wildman–Crippen LogP) is 3.76. The lowest BCUT2D eigenvalue weighted by atomic mass is 10.1. The van der Waals surface area contributed by atoms with Gasteiger partial charge in [-0.15, -0.1) is 0 Å². The first-order valence-corrected chi connectivity index (χ1v) is 10.6. The lowest BCUT2D eigenvalue weighted by Gasteiger charge is -2.34. The molecule has 6 nitrogen and oxygen atoms in total. The van der Waals surface area contributed by atoms with E-state index in [9.17, 15) is 26.4 Å². The van der Waals surface area contributed by atoms with Crippen LogP contribution in [0.15, 0.2) is 53.4 Å². The van der Waals surface area contributed by atoms with E-state index in [0.717, 1.165) is 12.1 Å². The van der Waals surface area contributed by atoms with Gasteiger partial charge in [0.1, 0.15) is 0 Å². The van der Waals surface area contributed by atoms with Gasteiger partial charge >= 0.3 is 6.18 Å². The molecule has 0 aliphatic carbocycles. The number of sulfonamides is 1. The van der Waals surface area contributed by atoms with Gasteiger partial charge in [-0.2, -0.15) is 17.5 Å². The van der Waals surface area contributed by atoms with E-state index in [0.29, 0.717) is 0 Å². The maximum absolute atomic E-state index is 12.8. The standard InChI is InChI=1S/C20H21F3N2O4S/c1-13-11-25(12-14(2)29-13)30(27,28)18-8-6-15(7-9-18)19(26)24-17-5-3-4-16(10-17)20(21,22)23/h3-10,13-14H,11-12H2,1-2H3,(H,24,26)/t13-,14-/m0/s1. The maximum Gasteiger partial charge on any atom is 0.416 e. The van der Waals surface area contributed by atoms with Crippen LogP contribution in [0.4, 0.5) is 18.9 Å². The molecule has 0 saturated carbocycles. The average molecular weight is 442 g/mol. The Bertz CT molecular complexity index is 1010. The lowest BCUT2D eigenvalue weighted by Crippen LogP contribution is -2.48. The van der Waals surface area contributed by atoms with Crippen molar-refractivity contribution in [3.8, 4) is 0 Å². The molecule has 2 aromatic rings. The smallest absolute Gasteiger partial charge is 0.373 e. The van der Waals surface area contributed by atoms with Crippen LogP contribution < -0.4 is 5.32 Å². The number of benzene rings is 2. The molecule has 1 saturated heterocycles. The zero-order valence-electron chi connectivity index (χ0n) is 16.3. The Morgan fingerprint density at radius 3 is 2.23 bits per heavy atom. The first-order valence-electron chi connectivity index (χ1n) is 9.21. The number of amides is 1. The molecule has 0 spiro atoms. The minimum absolute atomic E-state index is 0.0113. The van der Waals surface area contributed by atoms with E-state index in [1.807, 2.05) is 0 Å². The Hall–Kier alpha value is -2.43. The van der Waals surface area contributed by atoms with Crippen LogP contribution in [-0.2, 0) is 20.9 Å². The average Bonchev–Trinajstić information content (AvgIpc) is 2.67. The van der Waals surface area contributed by atoms with Gasteiger partial charge in [-0.05, 0) is 56.3 Å². The fourth-order valence-electron chi connectivity index (χ4n) is 3.23. The number of hydrogen-bond acceptors (Lipinski definition) is 4. The summed E-state index contributed by atoms with van der Waals surface area (Å²) in [7, 11) is -3.75. The summed E-state index contributed by atoms with van der Waals surface area (Å²) in [6.45, 7) is 4.04. The van der Waals surface area contributed by atoms with E-state index in [-0.39, 0.29) is 41.4 Å². The number of hydrogen-bond donors (Lipinski definition) is 1. The number of carbonyl (C=O) groups excluding carboxylic acids is 1. The minimum atomic E-state index is -4.52. The fourth-order valence-corrected chi connectivity index (χ4v) is 4.82. The van der Waals surface area contributed by atoms with Crippen molar-refractivity contribution in [1.82, 2.24) is 4.31 Å². The SMILES string of the molecule is C[C@H]1CN(S(=O)(=O)c2ccc(C(=O)Nc3cccc(C(F)(F)F)c3)cc2)C[C@H](C)O1. The number of halogens is 3. The number of carbonyl (C=O) groups is 1. The van der Waals surface area contributed by atoms with E-state index in [1.54, 1.807) is 13.8 Å². The lowest BCUT2D eigenvalue weighted by molar-refractivity contribution is -0.137. The summed E-state index contributed by atoms with van der Waals surface area (Å²) < 4.78 is 71.0. The quantitative estimate of drug-likeness (QED) is 0.783. The minimum Gasteiger partial charge on any atom is -0.373 e. The largest absolute Gasteiger partial charge is 0.416 e. The molecule has 3 rings (SSSR count). The Morgan fingerprint density at radius 2 is 1.67 bits per heavy atom. The van der Waals surface area contributed by atoms with Gasteiger partial charge in [0.2, 0.25) is 10.0 Å². The Morgan fingerprint density at radius 1 is 1.07 bits per heavy atom. The third-order valence-corrected chi connectivity index (χ3v) is 6.43. The fraction of sp³-hybridized carbons (Fsp3) is 0.350. The van der Waals surface area contributed by atoms with Gasteiger partial charge in [0, 0.05) is 24.3 Å². The number of alkyl halides is 3. The molecule has 1 amide bonds. The molecule has 0 aromatic heterocycles. The number of anilines is 1. The van der Waals surface area contributed by atoms with Crippen LogP contribution in [0.3, 0.4) is 0 Å². The number of morpholine rings is 1. The highest BCUT2D eigenvalue weighted by Gasteiger charge is 2.32. The monoisotopic (exact) mass is 442 g/mol. The van der Waals surface area contributed by atoms with Crippen molar-refractivity contribution in [3.05, 3.63) is 59.7 Å². The van der Waals surface area contributed by atoms with Crippen molar-refractivity contribution in [2.45, 2.75) is 37.1 Å². The van der Waals surface area contributed by atoms with Crippen molar-refractivity contribution in [1.29, 1.82) is 0 Å². The molecule has 2 atom stereocenters. The Balaban J connectivity index is 1.75. The topological polar surface area (TPSA) is 75.7 Å². The van der Waals surface area contributed by atoms with Crippen LogP contribution in [0.5, 0.6) is 0 Å². The highest BCUT2D eigenvalue weighted by molar-refractivity contribution is 7.89.